The summed E-state index contributed by atoms with van der Waals surface area (Å²) >= 11 is 0. The van der Waals surface area contributed by atoms with Crippen molar-refractivity contribution in [3.63, 3.8) is 0 Å². The zero-order valence-corrected chi connectivity index (χ0v) is 11.6. The van der Waals surface area contributed by atoms with E-state index in [1.54, 1.807) is 7.11 Å². The van der Waals surface area contributed by atoms with Gasteiger partial charge in [0.2, 0.25) is 0 Å². The van der Waals surface area contributed by atoms with Gasteiger partial charge in [-0.3, -0.25) is 0 Å². The van der Waals surface area contributed by atoms with E-state index in [4.69, 9.17) is 4.74 Å². The van der Waals surface area contributed by atoms with Crippen LogP contribution < -0.4 is 5.32 Å². The monoisotopic (exact) mass is 251 g/mol. The molecule has 0 rings (SSSR count). The molecule has 0 radical (unpaired) electrons. The minimum Gasteiger partial charge on any atom is -0.380 e. The molecule has 2 atom stereocenters. The topological polar surface area (TPSA) is 55.4 Å². The average Bonchev–Trinajstić information content (AvgIpc) is 2.20. The third-order valence-corrected chi connectivity index (χ3v) is 3.66. The van der Waals surface area contributed by atoms with Crippen molar-refractivity contribution in [1.82, 2.24) is 5.32 Å². The van der Waals surface area contributed by atoms with Crippen LogP contribution in [0, 0.1) is 0 Å². The fourth-order valence-electron chi connectivity index (χ4n) is 1.56. The number of ether oxygens (including phenoxy) is 1. The van der Waals surface area contributed by atoms with Gasteiger partial charge in [0, 0.05) is 25.2 Å². The highest BCUT2D eigenvalue weighted by Gasteiger charge is 2.16. The van der Waals surface area contributed by atoms with Crippen molar-refractivity contribution in [2.24, 2.45) is 0 Å². The predicted molar refractivity (Wildman–Crippen MR) is 67.5 cm³/mol. The van der Waals surface area contributed by atoms with Crippen LogP contribution in [0.1, 0.15) is 33.1 Å². The Morgan fingerprint density at radius 3 is 2.44 bits per heavy atom. The molecule has 0 aliphatic heterocycles. The summed E-state index contributed by atoms with van der Waals surface area (Å²) in [6.45, 7) is 5.06. The fourth-order valence-corrected chi connectivity index (χ4v) is 2.25. The molecule has 5 heteroatoms. The second-order valence-electron chi connectivity index (χ2n) is 4.27. The van der Waals surface area contributed by atoms with Crippen molar-refractivity contribution >= 4 is 9.84 Å². The van der Waals surface area contributed by atoms with Gasteiger partial charge in [0.05, 0.1) is 6.10 Å². The lowest BCUT2D eigenvalue weighted by Gasteiger charge is -2.24. The van der Waals surface area contributed by atoms with Crippen LogP contribution in [0.15, 0.2) is 0 Å². The highest BCUT2D eigenvalue weighted by Crippen LogP contribution is 2.07. The molecular weight excluding hydrogens is 226 g/mol. The second-order valence-corrected chi connectivity index (χ2v) is 6.53. The van der Waals surface area contributed by atoms with Crippen LogP contribution in [0.2, 0.25) is 0 Å². The normalized spacial score (nSPS) is 16.0. The summed E-state index contributed by atoms with van der Waals surface area (Å²) in [5.74, 6) is 0.258. The smallest absolute Gasteiger partial charge is 0.147 e. The van der Waals surface area contributed by atoms with Gasteiger partial charge in [0.1, 0.15) is 9.84 Å². The first-order chi connectivity index (χ1) is 7.40. The van der Waals surface area contributed by atoms with E-state index in [1.165, 1.54) is 6.26 Å². The van der Waals surface area contributed by atoms with Crippen LogP contribution in [0.4, 0.5) is 0 Å². The van der Waals surface area contributed by atoms with E-state index in [2.05, 4.69) is 12.2 Å². The number of hydrogen-bond acceptors (Lipinski definition) is 4. The molecule has 1 N–H and O–H groups in total. The Bertz CT molecular complexity index is 264. The van der Waals surface area contributed by atoms with Crippen molar-refractivity contribution in [2.75, 3.05) is 25.7 Å². The Morgan fingerprint density at radius 1 is 1.38 bits per heavy atom. The van der Waals surface area contributed by atoms with Gasteiger partial charge < -0.3 is 10.1 Å². The largest absolute Gasteiger partial charge is 0.380 e. The zero-order chi connectivity index (χ0) is 12.6. The lowest BCUT2D eigenvalue weighted by molar-refractivity contribution is 0.0799. The molecular formula is C11H25NO3S. The molecule has 16 heavy (non-hydrogen) atoms. The zero-order valence-electron chi connectivity index (χ0n) is 10.8. The standard InChI is InChI=1S/C11H25NO3S/c1-5-8-12-11(10(2)15-3)7-6-9-16(4,13)14/h10-12H,5-9H2,1-4H3. The molecule has 0 bridgehead atoms. The molecule has 0 aliphatic carbocycles. The van der Waals surface area contributed by atoms with Crippen molar-refractivity contribution in [2.45, 2.75) is 45.3 Å². The summed E-state index contributed by atoms with van der Waals surface area (Å²) in [6.07, 6.45) is 3.99. The molecule has 0 spiro atoms. The number of hydrogen-bond donors (Lipinski definition) is 1. The van der Waals surface area contributed by atoms with Gasteiger partial charge in [0.15, 0.2) is 0 Å². The van der Waals surface area contributed by atoms with Gasteiger partial charge in [0.25, 0.3) is 0 Å². The van der Waals surface area contributed by atoms with E-state index in [0.717, 1.165) is 19.4 Å². The van der Waals surface area contributed by atoms with E-state index in [0.29, 0.717) is 6.42 Å². The fraction of sp³-hybridized carbons (Fsp3) is 1.00. The van der Waals surface area contributed by atoms with E-state index in [9.17, 15) is 8.42 Å². The maximum absolute atomic E-state index is 11.0. The third-order valence-electron chi connectivity index (χ3n) is 2.63. The van der Waals surface area contributed by atoms with Crippen LogP contribution in [0.5, 0.6) is 0 Å². The molecule has 98 valence electrons. The van der Waals surface area contributed by atoms with Gasteiger partial charge in [-0.05, 0) is 32.7 Å². The first kappa shape index (κ1) is 15.9. The maximum Gasteiger partial charge on any atom is 0.147 e. The van der Waals surface area contributed by atoms with Gasteiger partial charge in [-0.25, -0.2) is 8.42 Å². The predicted octanol–water partition coefficient (Wildman–Crippen LogP) is 1.21. The summed E-state index contributed by atoms with van der Waals surface area (Å²) in [6, 6.07) is 0.242. The van der Waals surface area contributed by atoms with Crippen LogP contribution in [-0.2, 0) is 14.6 Å². The Kier molecular flexibility index (Phi) is 7.97. The molecule has 0 fully saturated rings. The van der Waals surface area contributed by atoms with Crippen LogP contribution in [-0.4, -0.2) is 46.2 Å². The molecule has 0 aromatic heterocycles. The summed E-state index contributed by atoms with van der Waals surface area (Å²) in [7, 11) is -1.16. The number of methoxy groups -OCH3 is 1. The molecule has 0 amide bonds. The van der Waals surface area contributed by atoms with Crippen molar-refractivity contribution in [1.29, 1.82) is 0 Å². The SMILES string of the molecule is CCCNC(CCCS(C)(=O)=O)C(C)OC. The van der Waals surface area contributed by atoms with Crippen LogP contribution in [0.3, 0.4) is 0 Å². The number of rotatable bonds is 9. The highest BCUT2D eigenvalue weighted by molar-refractivity contribution is 7.90. The minimum absolute atomic E-state index is 0.117. The molecule has 0 heterocycles. The van der Waals surface area contributed by atoms with E-state index < -0.39 is 9.84 Å². The van der Waals surface area contributed by atoms with E-state index >= 15 is 0 Å². The summed E-state index contributed by atoms with van der Waals surface area (Å²) in [5.41, 5.74) is 0. The van der Waals surface area contributed by atoms with Crippen LogP contribution >= 0.6 is 0 Å². The minimum atomic E-state index is -2.84. The molecule has 0 aromatic rings. The average molecular weight is 251 g/mol. The lowest BCUT2D eigenvalue weighted by Crippen LogP contribution is -2.40. The maximum atomic E-state index is 11.0. The van der Waals surface area contributed by atoms with Crippen LogP contribution in [0.25, 0.3) is 0 Å². The van der Waals surface area contributed by atoms with Gasteiger partial charge >= 0.3 is 0 Å². The van der Waals surface area contributed by atoms with Crippen molar-refractivity contribution < 1.29 is 13.2 Å². The Labute approximate surface area is 99.7 Å². The molecule has 2 unspecified atom stereocenters. The molecule has 0 aliphatic rings. The Morgan fingerprint density at radius 2 is 2.00 bits per heavy atom. The first-order valence-corrected chi connectivity index (χ1v) is 7.90. The Balaban J connectivity index is 4.01. The van der Waals surface area contributed by atoms with Crippen molar-refractivity contribution in [3.8, 4) is 0 Å². The molecule has 0 saturated carbocycles. The van der Waals surface area contributed by atoms with Crippen molar-refractivity contribution in [3.05, 3.63) is 0 Å². The lowest BCUT2D eigenvalue weighted by atomic mass is 10.1. The number of nitrogens with one attached hydrogen (secondary N) is 1. The summed E-state index contributed by atoms with van der Waals surface area (Å²) in [5, 5.41) is 3.39. The van der Waals surface area contributed by atoms with E-state index in [1.807, 2.05) is 6.92 Å². The quantitative estimate of drug-likeness (QED) is 0.669. The second kappa shape index (κ2) is 8.03. The molecule has 4 nitrogen and oxygen atoms in total. The Hall–Kier alpha value is -0.130. The highest BCUT2D eigenvalue weighted by atomic mass is 32.2. The molecule has 0 saturated heterocycles. The summed E-state index contributed by atoms with van der Waals surface area (Å²) < 4.78 is 27.3. The van der Waals surface area contributed by atoms with Gasteiger partial charge in [-0.2, -0.15) is 0 Å². The third kappa shape index (κ3) is 8.07. The van der Waals surface area contributed by atoms with Gasteiger partial charge in [-0.15, -0.1) is 0 Å². The number of sulfone groups is 1. The first-order valence-electron chi connectivity index (χ1n) is 5.84. The summed E-state index contributed by atoms with van der Waals surface area (Å²) in [4.78, 5) is 0. The van der Waals surface area contributed by atoms with Gasteiger partial charge in [-0.1, -0.05) is 6.92 Å². The molecule has 0 aromatic carbocycles. The van der Waals surface area contributed by atoms with E-state index in [-0.39, 0.29) is 17.9 Å².